The van der Waals surface area contributed by atoms with E-state index in [0.29, 0.717) is 12.0 Å². The molecular formula is C27H37N3O. The molecule has 2 saturated heterocycles. The maximum absolute atomic E-state index is 5.46. The summed E-state index contributed by atoms with van der Waals surface area (Å²) in [5, 5.41) is 0. The molecule has 166 valence electrons. The highest BCUT2D eigenvalue weighted by atomic mass is 16.5. The molecule has 2 heterocycles. The summed E-state index contributed by atoms with van der Waals surface area (Å²) in [6, 6.07) is 18.7. The van der Waals surface area contributed by atoms with Gasteiger partial charge in [-0.05, 0) is 48.2 Å². The molecule has 0 bridgehead atoms. The van der Waals surface area contributed by atoms with Crippen LogP contribution in [0.15, 0.2) is 55.1 Å². The second kappa shape index (κ2) is 10.4. The minimum Gasteiger partial charge on any atom is -0.379 e. The van der Waals surface area contributed by atoms with Crippen LogP contribution in [0, 0.1) is 0 Å². The standard InChI is InChI=1S/C27H37N3O/c1-4-23-7-11-26(12-8-23)30-14-13-28(3)27(21-30)19-22(2)25-9-5-24(6-10-25)20-29-15-17-31-18-16-29/h4-12,22,27H,1,13-21H2,2-3H3. The lowest BCUT2D eigenvalue weighted by Crippen LogP contribution is -2.51. The van der Waals surface area contributed by atoms with E-state index in [-0.39, 0.29) is 0 Å². The quantitative estimate of drug-likeness (QED) is 0.659. The van der Waals surface area contributed by atoms with Crippen molar-refractivity contribution in [3.05, 3.63) is 71.8 Å². The van der Waals surface area contributed by atoms with Crippen molar-refractivity contribution in [1.29, 1.82) is 0 Å². The van der Waals surface area contributed by atoms with Gasteiger partial charge in [0.15, 0.2) is 0 Å². The molecule has 0 N–H and O–H groups in total. The van der Waals surface area contributed by atoms with E-state index in [0.717, 1.165) is 52.5 Å². The van der Waals surface area contributed by atoms with Gasteiger partial charge in [-0.1, -0.05) is 56.0 Å². The van der Waals surface area contributed by atoms with Gasteiger partial charge in [0, 0.05) is 51.0 Å². The van der Waals surface area contributed by atoms with E-state index in [4.69, 9.17) is 4.74 Å². The third kappa shape index (κ3) is 5.76. The Morgan fingerprint density at radius 2 is 1.71 bits per heavy atom. The summed E-state index contributed by atoms with van der Waals surface area (Å²) < 4.78 is 5.46. The molecule has 0 aromatic heterocycles. The number of morpholine rings is 1. The third-order valence-corrected chi connectivity index (χ3v) is 6.96. The fourth-order valence-corrected chi connectivity index (χ4v) is 4.77. The molecule has 2 fully saturated rings. The second-order valence-electron chi connectivity index (χ2n) is 9.14. The molecular weight excluding hydrogens is 382 g/mol. The van der Waals surface area contributed by atoms with Crippen LogP contribution in [0.3, 0.4) is 0 Å². The number of rotatable bonds is 7. The molecule has 4 rings (SSSR count). The zero-order valence-corrected chi connectivity index (χ0v) is 19.2. The van der Waals surface area contributed by atoms with Crippen molar-refractivity contribution < 1.29 is 4.74 Å². The van der Waals surface area contributed by atoms with Gasteiger partial charge in [-0.3, -0.25) is 9.80 Å². The number of ether oxygens (including phenoxy) is 1. The predicted octanol–water partition coefficient (Wildman–Crippen LogP) is 4.48. The van der Waals surface area contributed by atoms with E-state index in [1.54, 1.807) is 0 Å². The molecule has 2 aliphatic rings. The summed E-state index contributed by atoms with van der Waals surface area (Å²) in [5.41, 5.74) is 5.36. The van der Waals surface area contributed by atoms with Crippen molar-refractivity contribution in [2.24, 2.45) is 0 Å². The maximum Gasteiger partial charge on any atom is 0.0594 e. The van der Waals surface area contributed by atoms with E-state index in [2.05, 4.69) is 83.8 Å². The Labute approximate surface area is 188 Å². The van der Waals surface area contributed by atoms with Gasteiger partial charge in [0.2, 0.25) is 0 Å². The summed E-state index contributed by atoms with van der Waals surface area (Å²) in [5.74, 6) is 0.549. The molecule has 2 unspecified atom stereocenters. The monoisotopic (exact) mass is 419 g/mol. The topological polar surface area (TPSA) is 19.0 Å². The Balaban J connectivity index is 1.34. The highest BCUT2D eigenvalue weighted by Crippen LogP contribution is 2.27. The molecule has 0 aliphatic carbocycles. The number of benzene rings is 2. The molecule has 4 nitrogen and oxygen atoms in total. The van der Waals surface area contributed by atoms with Crippen LogP contribution in [0.1, 0.15) is 36.0 Å². The van der Waals surface area contributed by atoms with Crippen LogP contribution in [0.5, 0.6) is 0 Å². The molecule has 2 atom stereocenters. The molecule has 31 heavy (non-hydrogen) atoms. The van der Waals surface area contributed by atoms with Crippen molar-refractivity contribution in [3.8, 4) is 0 Å². The van der Waals surface area contributed by atoms with Crippen LogP contribution in [0.25, 0.3) is 6.08 Å². The number of anilines is 1. The van der Waals surface area contributed by atoms with Gasteiger partial charge < -0.3 is 9.64 Å². The lowest BCUT2D eigenvalue weighted by atomic mass is 9.91. The first-order valence-corrected chi connectivity index (χ1v) is 11.7. The first-order valence-electron chi connectivity index (χ1n) is 11.7. The van der Waals surface area contributed by atoms with Gasteiger partial charge >= 0.3 is 0 Å². The van der Waals surface area contributed by atoms with Gasteiger partial charge in [-0.15, -0.1) is 0 Å². The van der Waals surface area contributed by atoms with Crippen LogP contribution in [0.2, 0.25) is 0 Å². The number of hydrogen-bond acceptors (Lipinski definition) is 4. The molecule has 0 spiro atoms. The SMILES string of the molecule is C=Cc1ccc(N2CCN(C)C(CC(C)c3ccc(CN4CCOCC4)cc3)C2)cc1. The van der Waals surface area contributed by atoms with Crippen molar-refractivity contribution >= 4 is 11.8 Å². The third-order valence-electron chi connectivity index (χ3n) is 6.96. The van der Waals surface area contributed by atoms with Gasteiger partial charge in [0.25, 0.3) is 0 Å². The molecule has 0 radical (unpaired) electrons. The van der Waals surface area contributed by atoms with Gasteiger partial charge in [0.05, 0.1) is 13.2 Å². The van der Waals surface area contributed by atoms with Gasteiger partial charge in [0.1, 0.15) is 0 Å². The fourth-order valence-electron chi connectivity index (χ4n) is 4.77. The minimum absolute atomic E-state index is 0.549. The zero-order chi connectivity index (χ0) is 21.6. The largest absolute Gasteiger partial charge is 0.379 e. The van der Waals surface area contributed by atoms with E-state index in [1.807, 2.05) is 6.08 Å². The molecule has 2 aromatic rings. The Bertz CT molecular complexity index is 827. The Hall–Kier alpha value is -2.14. The Morgan fingerprint density at radius 3 is 2.39 bits per heavy atom. The van der Waals surface area contributed by atoms with Crippen LogP contribution < -0.4 is 4.90 Å². The van der Waals surface area contributed by atoms with Crippen LogP contribution in [0.4, 0.5) is 5.69 Å². The number of piperazine rings is 1. The summed E-state index contributed by atoms with van der Waals surface area (Å²) >= 11 is 0. The van der Waals surface area contributed by atoms with E-state index in [9.17, 15) is 0 Å². The average Bonchev–Trinajstić information content (AvgIpc) is 2.82. The highest BCUT2D eigenvalue weighted by molar-refractivity contribution is 5.55. The first-order chi connectivity index (χ1) is 15.1. The maximum atomic E-state index is 5.46. The molecule has 0 saturated carbocycles. The lowest BCUT2D eigenvalue weighted by molar-refractivity contribution is 0.0342. The highest BCUT2D eigenvalue weighted by Gasteiger charge is 2.26. The first kappa shape index (κ1) is 22.1. The van der Waals surface area contributed by atoms with Crippen molar-refractivity contribution in [2.45, 2.75) is 31.8 Å². The van der Waals surface area contributed by atoms with Gasteiger partial charge in [-0.2, -0.15) is 0 Å². The smallest absolute Gasteiger partial charge is 0.0594 e. The zero-order valence-electron chi connectivity index (χ0n) is 19.2. The van der Waals surface area contributed by atoms with Gasteiger partial charge in [-0.25, -0.2) is 0 Å². The number of hydrogen-bond donors (Lipinski definition) is 0. The predicted molar refractivity (Wildman–Crippen MR) is 131 cm³/mol. The summed E-state index contributed by atoms with van der Waals surface area (Å²) in [4.78, 5) is 7.56. The Morgan fingerprint density at radius 1 is 1.00 bits per heavy atom. The fraction of sp³-hybridized carbons (Fsp3) is 0.481. The van der Waals surface area contributed by atoms with Crippen molar-refractivity contribution in [2.75, 3.05) is 57.9 Å². The number of nitrogens with zero attached hydrogens (tertiary/aromatic N) is 3. The van der Waals surface area contributed by atoms with Crippen LogP contribution >= 0.6 is 0 Å². The molecule has 2 aliphatic heterocycles. The minimum atomic E-state index is 0.549. The average molecular weight is 420 g/mol. The normalized spacial score (nSPS) is 21.7. The molecule has 4 heteroatoms. The van der Waals surface area contributed by atoms with E-state index < -0.39 is 0 Å². The summed E-state index contributed by atoms with van der Waals surface area (Å²) in [6.07, 6.45) is 3.09. The van der Waals surface area contributed by atoms with Crippen molar-refractivity contribution in [3.63, 3.8) is 0 Å². The molecule has 2 aromatic carbocycles. The second-order valence-corrected chi connectivity index (χ2v) is 9.14. The van der Waals surface area contributed by atoms with Crippen molar-refractivity contribution in [1.82, 2.24) is 9.80 Å². The van der Waals surface area contributed by atoms with E-state index >= 15 is 0 Å². The summed E-state index contributed by atoms with van der Waals surface area (Å²) in [7, 11) is 2.28. The van der Waals surface area contributed by atoms with Crippen LogP contribution in [-0.4, -0.2) is 68.8 Å². The van der Waals surface area contributed by atoms with E-state index in [1.165, 1.54) is 28.8 Å². The Kier molecular flexibility index (Phi) is 7.44. The molecule has 0 amide bonds. The lowest BCUT2D eigenvalue weighted by Gasteiger charge is -2.41. The van der Waals surface area contributed by atoms with Crippen LogP contribution in [-0.2, 0) is 11.3 Å². The summed E-state index contributed by atoms with van der Waals surface area (Å²) in [6.45, 7) is 14.4. The number of likely N-dealkylation sites (N-methyl/N-ethyl adjacent to an activating group) is 1.